The highest BCUT2D eigenvalue weighted by atomic mass is 35.5. The quantitative estimate of drug-likeness (QED) is 0.586. The van der Waals surface area contributed by atoms with Gasteiger partial charge in [0, 0.05) is 13.1 Å². The molecule has 0 atom stereocenters. The van der Waals surface area contributed by atoms with E-state index in [1.54, 1.807) is 4.90 Å². The zero-order valence-electron chi connectivity index (χ0n) is 9.53. The van der Waals surface area contributed by atoms with Crippen molar-refractivity contribution in [3.63, 3.8) is 0 Å². The zero-order valence-corrected chi connectivity index (χ0v) is 10.3. The van der Waals surface area contributed by atoms with Gasteiger partial charge in [-0.3, -0.25) is 4.79 Å². The van der Waals surface area contributed by atoms with Crippen LogP contribution in [0.2, 0.25) is 0 Å². The fourth-order valence-corrected chi connectivity index (χ4v) is 2.44. The number of nitrogens with zero attached hydrogens (tertiary/aromatic N) is 1. The van der Waals surface area contributed by atoms with Gasteiger partial charge in [0.15, 0.2) is 0 Å². The van der Waals surface area contributed by atoms with Gasteiger partial charge in [0.05, 0.1) is 0 Å². The maximum Gasteiger partial charge on any atom is 0.316 e. The van der Waals surface area contributed by atoms with E-state index in [-0.39, 0.29) is 11.2 Å². The molecule has 0 unspecified atom stereocenters. The van der Waals surface area contributed by atoms with E-state index in [4.69, 9.17) is 11.6 Å². The van der Waals surface area contributed by atoms with Crippen LogP contribution in [0.5, 0.6) is 0 Å². The Bertz CT molecular complexity index is 385. The standard InChI is InChI=1S/C13H15ClFNO/c14-13(17)16-7-5-11(6-8-16)9-10-1-3-12(15)4-2-10/h1-4,11H,5-9H2. The summed E-state index contributed by atoms with van der Waals surface area (Å²) in [6.07, 6.45) is 2.89. The molecule has 0 aliphatic carbocycles. The van der Waals surface area contributed by atoms with Crippen LogP contribution in [0, 0.1) is 11.7 Å². The van der Waals surface area contributed by atoms with Gasteiger partial charge in [-0.15, -0.1) is 0 Å². The summed E-state index contributed by atoms with van der Waals surface area (Å²) in [6.45, 7) is 1.46. The molecule has 1 heterocycles. The lowest BCUT2D eigenvalue weighted by atomic mass is 9.90. The van der Waals surface area contributed by atoms with Gasteiger partial charge in [-0.2, -0.15) is 0 Å². The molecule has 4 heteroatoms. The Kier molecular flexibility index (Phi) is 4.00. The predicted octanol–water partition coefficient (Wildman–Crippen LogP) is 3.44. The largest absolute Gasteiger partial charge is 0.329 e. The fourth-order valence-electron chi connectivity index (χ4n) is 2.27. The van der Waals surface area contributed by atoms with Crippen LogP contribution < -0.4 is 0 Å². The number of hydrogen-bond donors (Lipinski definition) is 0. The second-order valence-electron chi connectivity index (χ2n) is 4.51. The van der Waals surface area contributed by atoms with Crippen LogP contribution in [0.25, 0.3) is 0 Å². The van der Waals surface area contributed by atoms with Gasteiger partial charge in [0.1, 0.15) is 5.82 Å². The number of benzene rings is 1. The lowest BCUT2D eigenvalue weighted by molar-refractivity contribution is 0.191. The van der Waals surface area contributed by atoms with Gasteiger partial charge in [0.2, 0.25) is 0 Å². The molecule has 2 nitrogen and oxygen atoms in total. The summed E-state index contributed by atoms with van der Waals surface area (Å²) >= 11 is 5.43. The predicted molar refractivity (Wildman–Crippen MR) is 65.7 cm³/mol. The normalized spacial score (nSPS) is 17.2. The Morgan fingerprint density at radius 3 is 2.41 bits per heavy atom. The van der Waals surface area contributed by atoms with Crippen molar-refractivity contribution in [2.75, 3.05) is 13.1 Å². The van der Waals surface area contributed by atoms with E-state index in [0.29, 0.717) is 5.92 Å². The fraction of sp³-hybridized carbons (Fsp3) is 0.462. The smallest absolute Gasteiger partial charge is 0.316 e. The Morgan fingerprint density at radius 1 is 1.29 bits per heavy atom. The molecule has 0 saturated carbocycles. The number of hydrogen-bond acceptors (Lipinski definition) is 1. The number of likely N-dealkylation sites (tertiary alicyclic amines) is 1. The lowest BCUT2D eigenvalue weighted by Gasteiger charge is -2.30. The van der Waals surface area contributed by atoms with Crippen molar-refractivity contribution in [1.82, 2.24) is 4.90 Å². The summed E-state index contributed by atoms with van der Waals surface area (Å²) in [6, 6.07) is 6.64. The molecule has 1 aliphatic heterocycles. The third-order valence-corrected chi connectivity index (χ3v) is 3.54. The van der Waals surface area contributed by atoms with E-state index in [1.807, 2.05) is 12.1 Å². The summed E-state index contributed by atoms with van der Waals surface area (Å²) in [7, 11) is 0. The molecule has 1 aromatic carbocycles. The number of halogens is 2. The van der Waals surface area contributed by atoms with E-state index >= 15 is 0 Å². The first-order chi connectivity index (χ1) is 8.15. The summed E-state index contributed by atoms with van der Waals surface area (Å²) in [4.78, 5) is 12.6. The number of amides is 1. The highest BCUT2D eigenvalue weighted by Gasteiger charge is 2.21. The third kappa shape index (κ3) is 3.43. The first kappa shape index (κ1) is 12.4. The third-order valence-electron chi connectivity index (χ3n) is 3.30. The topological polar surface area (TPSA) is 20.3 Å². The SMILES string of the molecule is O=C(Cl)N1CCC(Cc2ccc(F)cc2)CC1. The monoisotopic (exact) mass is 255 g/mol. The van der Waals surface area contributed by atoms with E-state index in [1.165, 1.54) is 12.1 Å². The molecule has 1 saturated heterocycles. The Hall–Kier alpha value is -1.09. The molecule has 1 amide bonds. The Labute approximate surface area is 105 Å². The molecule has 1 aliphatic rings. The maximum absolute atomic E-state index is 12.7. The van der Waals surface area contributed by atoms with Crippen molar-refractivity contribution in [2.45, 2.75) is 19.3 Å². The van der Waals surface area contributed by atoms with E-state index in [9.17, 15) is 9.18 Å². The highest BCUT2D eigenvalue weighted by Crippen LogP contribution is 2.22. The lowest BCUT2D eigenvalue weighted by Crippen LogP contribution is -2.35. The molecule has 0 N–H and O–H groups in total. The van der Waals surface area contributed by atoms with Gasteiger partial charge in [-0.1, -0.05) is 12.1 Å². The van der Waals surface area contributed by atoms with Crippen molar-refractivity contribution in [1.29, 1.82) is 0 Å². The average Bonchev–Trinajstić information content (AvgIpc) is 2.33. The van der Waals surface area contributed by atoms with Gasteiger partial charge < -0.3 is 4.90 Å². The second-order valence-corrected chi connectivity index (χ2v) is 4.84. The molecule has 1 fully saturated rings. The van der Waals surface area contributed by atoms with Crippen LogP contribution in [-0.2, 0) is 6.42 Å². The maximum atomic E-state index is 12.7. The van der Waals surface area contributed by atoms with Gasteiger partial charge in [-0.25, -0.2) is 4.39 Å². The summed E-state index contributed by atoms with van der Waals surface area (Å²) in [5.41, 5.74) is 1.15. The average molecular weight is 256 g/mol. The molecule has 0 aromatic heterocycles. The van der Waals surface area contributed by atoms with Crippen LogP contribution in [-0.4, -0.2) is 23.4 Å². The minimum absolute atomic E-state index is 0.198. The second kappa shape index (κ2) is 5.50. The molecule has 92 valence electrons. The van der Waals surface area contributed by atoms with Crippen LogP contribution >= 0.6 is 11.6 Å². The highest BCUT2D eigenvalue weighted by molar-refractivity contribution is 6.62. The summed E-state index contributed by atoms with van der Waals surface area (Å²) in [5, 5.41) is -0.356. The van der Waals surface area contributed by atoms with Crippen LogP contribution in [0.1, 0.15) is 18.4 Å². The first-order valence-electron chi connectivity index (χ1n) is 5.84. The number of rotatable bonds is 2. The molecular formula is C13H15ClFNO. The molecule has 2 rings (SSSR count). The van der Waals surface area contributed by atoms with Crippen molar-refractivity contribution < 1.29 is 9.18 Å². The van der Waals surface area contributed by atoms with E-state index in [0.717, 1.165) is 37.9 Å². The Morgan fingerprint density at radius 2 is 1.88 bits per heavy atom. The van der Waals surface area contributed by atoms with Crippen LogP contribution in [0.3, 0.4) is 0 Å². The van der Waals surface area contributed by atoms with Crippen molar-refractivity contribution in [3.8, 4) is 0 Å². The van der Waals surface area contributed by atoms with E-state index < -0.39 is 0 Å². The van der Waals surface area contributed by atoms with Crippen molar-refractivity contribution in [2.24, 2.45) is 5.92 Å². The first-order valence-corrected chi connectivity index (χ1v) is 6.22. The molecular weight excluding hydrogens is 241 g/mol. The summed E-state index contributed by atoms with van der Waals surface area (Å²) < 4.78 is 12.7. The van der Waals surface area contributed by atoms with Gasteiger partial charge in [0.25, 0.3) is 0 Å². The zero-order chi connectivity index (χ0) is 12.3. The Balaban J connectivity index is 1.85. The number of carbonyl (C=O) groups is 1. The molecule has 17 heavy (non-hydrogen) atoms. The summed E-state index contributed by atoms with van der Waals surface area (Å²) in [5.74, 6) is 0.365. The molecule has 0 radical (unpaired) electrons. The van der Waals surface area contributed by atoms with Crippen LogP contribution in [0.15, 0.2) is 24.3 Å². The van der Waals surface area contributed by atoms with Crippen LogP contribution in [0.4, 0.5) is 9.18 Å². The van der Waals surface area contributed by atoms with E-state index in [2.05, 4.69) is 0 Å². The van der Waals surface area contributed by atoms with Gasteiger partial charge >= 0.3 is 5.37 Å². The molecule has 0 spiro atoms. The van der Waals surface area contributed by atoms with Gasteiger partial charge in [-0.05, 0) is 54.5 Å². The van der Waals surface area contributed by atoms with Crippen molar-refractivity contribution in [3.05, 3.63) is 35.6 Å². The number of piperidine rings is 1. The number of carbonyl (C=O) groups excluding carboxylic acids is 1. The minimum Gasteiger partial charge on any atom is -0.329 e. The molecule has 1 aromatic rings. The molecule has 0 bridgehead atoms. The van der Waals surface area contributed by atoms with Crippen molar-refractivity contribution >= 4 is 17.0 Å². The minimum atomic E-state index is -0.356.